The van der Waals surface area contributed by atoms with Gasteiger partial charge in [-0.2, -0.15) is 0 Å². The molecule has 0 saturated carbocycles. The van der Waals surface area contributed by atoms with Gasteiger partial charge in [0.05, 0.1) is 17.9 Å². The van der Waals surface area contributed by atoms with Gasteiger partial charge >= 0.3 is 11.9 Å². The van der Waals surface area contributed by atoms with E-state index in [1.54, 1.807) is 6.08 Å². The van der Waals surface area contributed by atoms with Gasteiger partial charge in [0.15, 0.2) is 0 Å². The normalized spacial score (nSPS) is 23.7. The topological polar surface area (TPSA) is 59.1 Å². The largest absolute Gasteiger partial charge is 0.462 e. The summed E-state index contributed by atoms with van der Waals surface area (Å²) in [4.78, 5) is 28.1. The van der Waals surface area contributed by atoms with Crippen molar-refractivity contribution in [1.29, 1.82) is 0 Å². The second-order valence-electron chi connectivity index (χ2n) is 9.20. The van der Waals surface area contributed by atoms with Crippen molar-refractivity contribution in [2.75, 3.05) is 45.9 Å². The summed E-state index contributed by atoms with van der Waals surface area (Å²) in [5.74, 6) is -0.379. The Labute approximate surface area is 177 Å². The van der Waals surface area contributed by atoms with Crippen LogP contribution in [0.15, 0.2) is 30.0 Å². The van der Waals surface area contributed by atoms with Crippen LogP contribution >= 0.6 is 0 Å². The Hall–Kier alpha value is -2.34. The second kappa shape index (κ2) is 8.06. The molecule has 0 amide bonds. The Morgan fingerprint density at radius 1 is 0.967 bits per heavy atom. The molecule has 2 fully saturated rings. The van der Waals surface area contributed by atoms with E-state index in [1.807, 2.05) is 6.07 Å². The molecule has 5 rings (SSSR count). The van der Waals surface area contributed by atoms with Gasteiger partial charge in [0.25, 0.3) is 0 Å². The van der Waals surface area contributed by atoms with E-state index < -0.39 is 0 Å². The molecular formula is C24H30N2O4. The first-order chi connectivity index (χ1) is 14.6. The molecular weight excluding hydrogens is 380 g/mol. The van der Waals surface area contributed by atoms with Gasteiger partial charge in [0.2, 0.25) is 0 Å². The van der Waals surface area contributed by atoms with Crippen LogP contribution in [0.5, 0.6) is 0 Å². The minimum atomic E-state index is -0.197. The molecule has 0 aromatic heterocycles. The van der Waals surface area contributed by atoms with Crippen LogP contribution in [0.25, 0.3) is 0 Å². The van der Waals surface area contributed by atoms with Crippen LogP contribution in [-0.4, -0.2) is 67.7 Å². The molecule has 30 heavy (non-hydrogen) atoms. The van der Waals surface area contributed by atoms with Crippen LogP contribution in [0, 0.1) is 5.41 Å². The molecule has 4 aliphatic heterocycles. The molecule has 6 heteroatoms. The van der Waals surface area contributed by atoms with Gasteiger partial charge in [-0.25, -0.2) is 9.59 Å². The molecule has 0 atom stereocenters. The molecule has 0 aliphatic carbocycles. The van der Waals surface area contributed by atoms with Crippen LogP contribution < -0.4 is 0 Å². The van der Waals surface area contributed by atoms with Crippen molar-refractivity contribution in [1.82, 2.24) is 9.80 Å². The van der Waals surface area contributed by atoms with Gasteiger partial charge in [-0.05, 0) is 67.8 Å². The van der Waals surface area contributed by atoms with Crippen LogP contribution in [0.4, 0.5) is 0 Å². The Bertz CT molecular complexity index is 860. The van der Waals surface area contributed by atoms with Crippen molar-refractivity contribution < 1.29 is 19.1 Å². The van der Waals surface area contributed by atoms with E-state index in [0.717, 1.165) is 49.3 Å². The third kappa shape index (κ3) is 3.97. The summed E-state index contributed by atoms with van der Waals surface area (Å²) < 4.78 is 10.2. The first kappa shape index (κ1) is 19.6. The fraction of sp³-hybridized carbons (Fsp3) is 0.583. The summed E-state index contributed by atoms with van der Waals surface area (Å²) >= 11 is 0. The van der Waals surface area contributed by atoms with E-state index in [2.05, 4.69) is 21.9 Å². The Balaban J connectivity index is 1.10. The molecule has 0 N–H and O–H groups in total. The average molecular weight is 411 g/mol. The Morgan fingerprint density at radius 3 is 2.47 bits per heavy atom. The molecule has 2 saturated heterocycles. The van der Waals surface area contributed by atoms with Crippen LogP contribution in [-0.2, 0) is 27.1 Å². The second-order valence-corrected chi connectivity index (χ2v) is 9.20. The maximum absolute atomic E-state index is 11.8. The van der Waals surface area contributed by atoms with Crippen molar-refractivity contribution in [2.45, 2.75) is 38.5 Å². The van der Waals surface area contributed by atoms with Crippen LogP contribution in [0.1, 0.15) is 47.2 Å². The lowest BCUT2D eigenvalue weighted by molar-refractivity contribution is -0.135. The summed E-state index contributed by atoms with van der Waals surface area (Å²) in [5.41, 5.74) is 4.73. The van der Waals surface area contributed by atoms with Gasteiger partial charge in [-0.15, -0.1) is 0 Å². The standard InChI is InChI=1S/C24H30N2O4/c27-22-16-20(17-30-22)26-12-7-24(8-13-26)5-10-25(11-6-24)9-3-18-1-2-21-19(15-18)4-14-29-23(21)28/h1-2,15-16H,3-14,17H2. The maximum atomic E-state index is 11.8. The zero-order chi connectivity index (χ0) is 20.6. The van der Waals surface area contributed by atoms with E-state index in [1.165, 1.54) is 44.3 Å². The van der Waals surface area contributed by atoms with E-state index in [4.69, 9.17) is 9.47 Å². The van der Waals surface area contributed by atoms with E-state index in [9.17, 15) is 9.59 Å². The predicted molar refractivity (Wildman–Crippen MR) is 112 cm³/mol. The lowest BCUT2D eigenvalue weighted by Crippen LogP contribution is -2.47. The van der Waals surface area contributed by atoms with Gasteiger partial charge in [0.1, 0.15) is 6.61 Å². The number of piperidine rings is 2. The summed E-state index contributed by atoms with van der Waals surface area (Å²) in [6, 6.07) is 6.21. The lowest BCUT2D eigenvalue weighted by Gasteiger charge is -2.47. The number of carbonyl (C=O) groups excluding carboxylic acids is 2. The predicted octanol–water partition coefficient (Wildman–Crippen LogP) is 2.56. The molecule has 0 radical (unpaired) electrons. The number of nitrogens with zero attached hydrogens (tertiary/aromatic N) is 2. The molecule has 1 aromatic carbocycles. The summed E-state index contributed by atoms with van der Waals surface area (Å²) in [7, 11) is 0. The number of esters is 2. The number of carbonyl (C=O) groups is 2. The molecule has 160 valence electrons. The number of benzene rings is 1. The summed E-state index contributed by atoms with van der Waals surface area (Å²) in [6.45, 7) is 6.45. The zero-order valence-corrected chi connectivity index (χ0v) is 17.5. The van der Waals surface area contributed by atoms with Crippen LogP contribution in [0.3, 0.4) is 0 Å². The molecule has 6 nitrogen and oxygen atoms in total. The molecule has 0 bridgehead atoms. The van der Waals surface area contributed by atoms with E-state index in [-0.39, 0.29) is 11.9 Å². The molecule has 0 unspecified atom stereocenters. The maximum Gasteiger partial charge on any atom is 0.338 e. The first-order valence-corrected chi connectivity index (χ1v) is 11.2. The van der Waals surface area contributed by atoms with Gasteiger partial charge < -0.3 is 19.3 Å². The molecule has 1 aromatic rings. The van der Waals surface area contributed by atoms with E-state index in [0.29, 0.717) is 18.6 Å². The minimum absolute atomic E-state index is 0.182. The number of cyclic esters (lactones) is 2. The van der Waals surface area contributed by atoms with Gasteiger partial charge in [-0.1, -0.05) is 12.1 Å². The molecule has 4 aliphatic rings. The zero-order valence-electron chi connectivity index (χ0n) is 17.5. The number of ether oxygens (including phenoxy) is 2. The molecule has 1 spiro atoms. The van der Waals surface area contributed by atoms with E-state index >= 15 is 0 Å². The number of likely N-dealkylation sites (tertiary alicyclic amines) is 2. The van der Waals surface area contributed by atoms with Crippen molar-refractivity contribution in [2.24, 2.45) is 5.41 Å². The molecule has 4 heterocycles. The number of hydrogen-bond acceptors (Lipinski definition) is 6. The summed E-state index contributed by atoms with van der Waals surface area (Å²) in [6.07, 6.45) is 8.49. The van der Waals surface area contributed by atoms with Crippen molar-refractivity contribution in [3.8, 4) is 0 Å². The summed E-state index contributed by atoms with van der Waals surface area (Å²) in [5, 5.41) is 0. The van der Waals surface area contributed by atoms with Crippen molar-refractivity contribution in [3.63, 3.8) is 0 Å². The number of fused-ring (bicyclic) bond motifs is 1. The third-order valence-electron chi connectivity index (χ3n) is 7.50. The van der Waals surface area contributed by atoms with Crippen molar-refractivity contribution >= 4 is 11.9 Å². The monoisotopic (exact) mass is 410 g/mol. The fourth-order valence-electron chi connectivity index (χ4n) is 5.39. The van der Waals surface area contributed by atoms with Crippen molar-refractivity contribution in [3.05, 3.63) is 46.7 Å². The number of hydrogen-bond donors (Lipinski definition) is 0. The highest BCUT2D eigenvalue weighted by Gasteiger charge is 2.38. The fourth-order valence-corrected chi connectivity index (χ4v) is 5.39. The smallest absolute Gasteiger partial charge is 0.338 e. The highest BCUT2D eigenvalue weighted by molar-refractivity contribution is 5.92. The first-order valence-electron chi connectivity index (χ1n) is 11.2. The highest BCUT2D eigenvalue weighted by atomic mass is 16.5. The van der Waals surface area contributed by atoms with Gasteiger partial charge in [-0.3, -0.25) is 0 Å². The Kier molecular flexibility index (Phi) is 5.27. The van der Waals surface area contributed by atoms with Gasteiger partial charge in [0, 0.05) is 32.1 Å². The Morgan fingerprint density at radius 2 is 1.73 bits per heavy atom. The quantitative estimate of drug-likeness (QED) is 0.711. The van der Waals surface area contributed by atoms with Crippen LogP contribution in [0.2, 0.25) is 0 Å². The third-order valence-corrected chi connectivity index (χ3v) is 7.50. The SMILES string of the molecule is O=C1C=C(N2CCC3(CCN(CCc4ccc5c(c4)CCOC5=O)CC3)CC2)CO1. The average Bonchev–Trinajstić information content (AvgIpc) is 3.20. The minimum Gasteiger partial charge on any atom is -0.462 e. The lowest BCUT2D eigenvalue weighted by atomic mass is 9.71. The highest BCUT2D eigenvalue weighted by Crippen LogP contribution is 2.42. The number of rotatable bonds is 4.